The van der Waals surface area contributed by atoms with Gasteiger partial charge in [0.2, 0.25) is 0 Å². The van der Waals surface area contributed by atoms with E-state index in [1.807, 2.05) is 36.4 Å². The highest BCUT2D eigenvalue weighted by atomic mass is 35.5. The topological polar surface area (TPSA) is 106 Å². The number of anilines is 3. The molecule has 1 atom stereocenters. The Balaban J connectivity index is 1.05. The second-order valence-electron chi connectivity index (χ2n) is 8.43. The lowest BCUT2D eigenvalue weighted by molar-refractivity contribution is 0.224. The molecule has 178 valence electrons. The van der Waals surface area contributed by atoms with E-state index in [4.69, 9.17) is 27.8 Å². The zero-order chi connectivity index (χ0) is 23.5. The molecular formula is C24H28ClN7OS. The zero-order valence-corrected chi connectivity index (χ0v) is 20.4. The van der Waals surface area contributed by atoms with Crippen LogP contribution in [0.5, 0.6) is 5.75 Å². The lowest BCUT2D eigenvalue weighted by Crippen LogP contribution is -2.46. The molecule has 5 N–H and O–H groups in total. The van der Waals surface area contributed by atoms with Crippen LogP contribution in [-0.2, 0) is 4.99 Å². The Bertz CT molecular complexity index is 1120. The van der Waals surface area contributed by atoms with Crippen molar-refractivity contribution in [3.8, 4) is 5.75 Å². The molecule has 5 rings (SSSR count). The van der Waals surface area contributed by atoms with Gasteiger partial charge in [-0.25, -0.2) is 9.97 Å². The van der Waals surface area contributed by atoms with Crippen LogP contribution in [0.25, 0.3) is 0 Å². The monoisotopic (exact) mass is 497 g/mol. The Morgan fingerprint density at radius 2 is 1.76 bits per heavy atom. The van der Waals surface area contributed by atoms with E-state index in [0.29, 0.717) is 18.2 Å². The van der Waals surface area contributed by atoms with Gasteiger partial charge in [0.15, 0.2) is 4.99 Å². The maximum Gasteiger partial charge on any atom is 0.167 e. The van der Waals surface area contributed by atoms with E-state index < -0.39 is 4.99 Å². The zero-order valence-electron chi connectivity index (χ0n) is 18.8. The summed E-state index contributed by atoms with van der Waals surface area (Å²) < 4.78 is 5.97. The van der Waals surface area contributed by atoms with Gasteiger partial charge in [0.25, 0.3) is 0 Å². The first-order valence-corrected chi connectivity index (χ1v) is 12.5. The van der Waals surface area contributed by atoms with Gasteiger partial charge in [-0.1, -0.05) is 35.5 Å². The number of nitrogens with zero attached hydrogens (tertiary/aromatic N) is 4. The third kappa shape index (κ3) is 5.02. The van der Waals surface area contributed by atoms with Gasteiger partial charge in [-0.3, -0.25) is 10.6 Å². The van der Waals surface area contributed by atoms with Gasteiger partial charge in [0, 0.05) is 49.0 Å². The Morgan fingerprint density at radius 1 is 1.03 bits per heavy atom. The van der Waals surface area contributed by atoms with Crippen LogP contribution < -0.4 is 26.4 Å². The summed E-state index contributed by atoms with van der Waals surface area (Å²) in [6.45, 7) is 5.86. The van der Waals surface area contributed by atoms with Crippen LogP contribution in [0.15, 0.2) is 59.8 Å². The van der Waals surface area contributed by atoms with E-state index in [1.165, 1.54) is 23.8 Å². The molecule has 0 saturated carbocycles. The molecule has 10 heteroatoms. The van der Waals surface area contributed by atoms with Crippen molar-refractivity contribution < 1.29 is 4.74 Å². The summed E-state index contributed by atoms with van der Waals surface area (Å²) in [5, 5.41) is 4.02. The smallest absolute Gasteiger partial charge is 0.167 e. The standard InChI is InChI=1S/C24H28ClN7OS/c25-18-4-6-19(7-5-18)32-13-11-31(12-14-32)10-1-15-33-20-8-2-17(3-9-20)24(27)30-23-21(34-24)22(26)28-16-29-23/h2-9,16H,1,10-15,27H2,(H3,26,28,29,30). The molecule has 2 aromatic carbocycles. The highest BCUT2D eigenvalue weighted by Gasteiger charge is 2.38. The molecule has 34 heavy (non-hydrogen) atoms. The number of fused-ring (bicyclic) bond motifs is 1. The van der Waals surface area contributed by atoms with Gasteiger partial charge in [-0.2, -0.15) is 0 Å². The number of piperazine rings is 1. The Hall–Kier alpha value is -2.72. The van der Waals surface area contributed by atoms with Crippen LogP contribution in [-0.4, -0.2) is 54.2 Å². The average Bonchev–Trinajstić information content (AvgIpc) is 3.22. The number of thioether (sulfide) groups is 1. The molecule has 2 aliphatic rings. The van der Waals surface area contributed by atoms with E-state index in [9.17, 15) is 0 Å². The van der Waals surface area contributed by atoms with Crippen molar-refractivity contribution in [2.24, 2.45) is 5.73 Å². The Kier molecular flexibility index (Phi) is 6.69. The number of ether oxygens (including phenoxy) is 1. The quantitative estimate of drug-likeness (QED) is 0.422. The SMILES string of the molecule is Nc1ncnc2c1SC(N)(c1ccc(OCCCN3CCN(c4ccc(Cl)cc4)CC3)cc1)N2. The van der Waals surface area contributed by atoms with Crippen molar-refractivity contribution >= 4 is 40.7 Å². The number of benzene rings is 2. The average molecular weight is 498 g/mol. The second-order valence-corrected chi connectivity index (χ2v) is 10.1. The lowest BCUT2D eigenvalue weighted by atomic mass is 10.1. The summed E-state index contributed by atoms with van der Waals surface area (Å²) in [7, 11) is 0. The molecule has 2 aliphatic heterocycles. The molecular weight excluding hydrogens is 470 g/mol. The summed E-state index contributed by atoms with van der Waals surface area (Å²) in [6.07, 6.45) is 2.41. The molecule has 0 radical (unpaired) electrons. The molecule has 8 nitrogen and oxygen atoms in total. The number of nitrogen functional groups attached to an aromatic ring is 1. The number of rotatable bonds is 7. The molecule has 0 amide bonds. The molecule has 1 aromatic heterocycles. The van der Waals surface area contributed by atoms with Crippen LogP contribution in [0.4, 0.5) is 17.3 Å². The molecule has 3 aromatic rings. The highest BCUT2D eigenvalue weighted by molar-refractivity contribution is 8.01. The fourth-order valence-corrected chi connectivity index (χ4v) is 5.44. The molecule has 3 heterocycles. The molecule has 0 aliphatic carbocycles. The molecule has 0 bridgehead atoms. The van der Waals surface area contributed by atoms with Gasteiger partial charge in [0.1, 0.15) is 23.7 Å². The second kappa shape index (κ2) is 9.87. The molecule has 1 unspecified atom stereocenters. The summed E-state index contributed by atoms with van der Waals surface area (Å²) in [6, 6.07) is 15.9. The first-order chi connectivity index (χ1) is 16.5. The minimum atomic E-state index is -0.834. The Labute approximate surface area is 208 Å². The van der Waals surface area contributed by atoms with Crippen molar-refractivity contribution in [2.75, 3.05) is 55.3 Å². The predicted octanol–water partition coefficient (Wildman–Crippen LogP) is 3.59. The van der Waals surface area contributed by atoms with Gasteiger partial charge < -0.3 is 20.7 Å². The summed E-state index contributed by atoms with van der Waals surface area (Å²) in [5.41, 5.74) is 14.7. The fourth-order valence-electron chi connectivity index (χ4n) is 4.23. The van der Waals surface area contributed by atoms with E-state index >= 15 is 0 Å². The third-order valence-electron chi connectivity index (χ3n) is 6.13. The predicted molar refractivity (Wildman–Crippen MR) is 138 cm³/mol. The number of halogens is 1. The highest BCUT2D eigenvalue weighted by Crippen LogP contribution is 2.48. The first-order valence-electron chi connectivity index (χ1n) is 11.3. The minimum Gasteiger partial charge on any atom is -0.494 e. The van der Waals surface area contributed by atoms with Crippen LogP contribution in [0.1, 0.15) is 12.0 Å². The first kappa shape index (κ1) is 23.0. The number of hydrogen-bond acceptors (Lipinski definition) is 9. The maximum absolute atomic E-state index is 6.58. The summed E-state index contributed by atoms with van der Waals surface area (Å²) in [5.74, 6) is 1.93. The van der Waals surface area contributed by atoms with Crippen LogP contribution in [0, 0.1) is 0 Å². The normalized spacial score (nSPS) is 20.1. The van der Waals surface area contributed by atoms with Crippen molar-refractivity contribution in [1.29, 1.82) is 0 Å². The van der Waals surface area contributed by atoms with E-state index in [0.717, 1.165) is 60.4 Å². The van der Waals surface area contributed by atoms with Gasteiger partial charge in [-0.15, -0.1) is 0 Å². The van der Waals surface area contributed by atoms with E-state index in [-0.39, 0.29) is 0 Å². The van der Waals surface area contributed by atoms with Gasteiger partial charge in [-0.05, 0) is 42.8 Å². The lowest BCUT2D eigenvalue weighted by Gasteiger charge is -2.36. The fraction of sp³-hybridized carbons (Fsp3) is 0.333. The van der Waals surface area contributed by atoms with E-state index in [1.54, 1.807) is 0 Å². The number of nitrogens with two attached hydrogens (primary N) is 2. The van der Waals surface area contributed by atoms with Crippen molar-refractivity contribution in [3.05, 3.63) is 65.4 Å². The molecule has 1 fully saturated rings. The summed E-state index contributed by atoms with van der Waals surface area (Å²) in [4.78, 5) is 13.1. The van der Waals surface area contributed by atoms with E-state index in [2.05, 4.69) is 37.2 Å². The number of hydrogen-bond donors (Lipinski definition) is 3. The molecule has 0 spiro atoms. The van der Waals surface area contributed by atoms with Crippen LogP contribution in [0.2, 0.25) is 5.02 Å². The minimum absolute atomic E-state index is 0.432. The molecule has 1 saturated heterocycles. The maximum atomic E-state index is 6.58. The Morgan fingerprint density at radius 3 is 2.47 bits per heavy atom. The van der Waals surface area contributed by atoms with Crippen molar-refractivity contribution in [1.82, 2.24) is 14.9 Å². The van der Waals surface area contributed by atoms with Crippen LogP contribution in [0.3, 0.4) is 0 Å². The van der Waals surface area contributed by atoms with Gasteiger partial charge in [0.05, 0.1) is 11.5 Å². The third-order valence-corrected chi connectivity index (χ3v) is 7.65. The number of aromatic nitrogens is 2. The largest absolute Gasteiger partial charge is 0.494 e. The van der Waals surface area contributed by atoms with Gasteiger partial charge >= 0.3 is 0 Å². The number of nitrogens with one attached hydrogen (secondary N) is 1. The van der Waals surface area contributed by atoms with Crippen molar-refractivity contribution in [2.45, 2.75) is 16.3 Å². The summed E-state index contributed by atoms with van der Waals surface area (Å²) >= 11 is 7.42. The van der Waals surface area contributed by atoms with Crippen molar-refractivity contribution in [3.63, 3.8) is 0 Å². The van der Waals surface area contributed by atoms with Crippen LogP contribution >= 0.6 is 23.4 Å².